The number of amides is 2. The number of nitrogens with one attached hydrogen (secondary N) is 1. The molecule has 0 bridgehead atoms. The summed E-state index contributed by atoms with van der Waals surface area (Å²) in [5.41, 5.74) is 5.60. The minimum absolute atomic E-state index is 0.154. The maximum absolute atomic E-state index is 12.3. The fourth-order valence-corrected chi connectivity index (χ4v) is 2.79. The number of carbonyl (C=O) groups excluding carboxylic acids is 2. The second-order valence-electron chi connectivity index (χ2n) is 5.70. The van der Waals surface area contributed by atoms with Gasteiger partial charge < -0.3 is 11.1 Å². The Balaban J connectivity index is 2.70. The van der Waals surface area contributed by atoms with Crippen LogP contribution in [0.2, 0.25) is 0 Å². The molecule has 1 heterocycles. The molecule has 0 aliphatic heterocycles. The van der Waals surface area contributed by atoms with Gasteiger partial charge in [-0.15, -0.1) is 11.8 Å². The van der Waals surface area contributed by atoms with E-state index < -0.39 is 5.91 Å². The van der Waals surface area contributed by atoms with Crippen LogP contribution in [0.3, 0.4) is 0 Å². The highest BCUT2D eigenvalue weighted by molar-refractivity contribution is 7.99. The molecule has 3 N–H and O–H groups in total. The molecule has 0 saturated carbocycles. The van der Waals surface area contributed by atoms with E-state index in [0.717, 1.165) is 23.6 Å². The highest BCUT2D eigenvalue weighted by Crippen LogP contribution is 2.18. The van der Waals surface area contributed by atoms with Gasteiger partial charge in [0, 0.05) is 18.2 Å². The van der Waals surface area contributed by atoms with Crippen LogP contribution in [0.5, 0.6) is 0 Å². The van der Waals surface area contributed by atoms with Crippen LogP contribution in [0, 0.1) is 5.92 Å². The number of thioether (sulfide) groups is 1. The van der Waals surface area contributed by atoms with Crippen molar-refractivity contribution in [2.45, 2.75) is 51.1 Å². The Hall–Kier alpha value is -1.56. The van der Waals surface area contributed by atoms with Gasteiger partial charge in [-0.05, 0) is 24.5 Å². The maximum Gasteiger partial charge on any atom is 0.270 e. The molecule has 6 heteroatoms. The van der Waals surface area contributed by atoms with Gasteiger partial charge in [-0.2, -0.15) is 0 Å². The van der Waals surface area contributed by atoms with Crippen molar-refractivity contribution in [3.8, 4) is 0 Å². The van der Waals surface area contributed by atoms with E-state index in [4.69, 9.17) is 5.73 Å². The molecular formula is C16H25N3O2S. The van der Waals surface area contributed by atoms with Gasteiger partial charge in [0.2, 0.25) is 5.91 Å². The molecule has 122 valence electrons. The molecule has 1 aromatic heterocycles. The Morgan fingerprint density at radius 3 is 2.68 bits per heavy atom. The van der Waals surface area contributed by atoms with Crippen LogP contribution in [0.1, 0.15) is 50.5 Å². The van der Waals surface area contributed by atoms with Crippen molar-refractivity contribution in [3.05, 3.63) is 23.9 Å². The van der Waals surface area contributed by atoms with Crippen LogP contribution in [-0.4, -0.2) is 28.6 Å². The summed E-state index contributed by atoms with van der Waals surface area (Å²) in [6.07, 6.45) is 1.74. The van der Waals surface area contributed by atoms with Gasteiger partial charge in [0.25, 0.3) is 5.91 Å². The monoisotopic (exact) mass is 323 g/mol. The number of rotatable bonds is 9. The van der Waals surface area contributed by atoms with Gasteiger partial charge >= 0.3 is 0 Å². The minimum atomic E-state index is -0.409. The summed E-state index contributed by atoms with van der Waals surface area (Å²) < 4.78 is 0. The van der Waals surface area contributed by atoms with Crippen LogP contribution >= 0.6 is 11.8 Å². The highest BCUT2D eigenvalue weighted by Gasteiger charge is 2.16. The second-order valence-corrected chi connectivity index (χ2v) is 6.74. The fraction of sp³-hybridized carbons (Fsp3) is 0.562. The molecule has 1 rings (SSSR count). The number of nitrogens with zero attached hydrogens (tertiary/aromatic N) is 1. The van der Waals surface area contributed by atoms with Crippen molar-refractivity contribution in [2.75, 3.05) is 5.75 Å². The van der Waals surface area contributed by atoms with E-state index in [1.165, 1.54) is 0 Å². The lowest BCUT2D eigenvalue weighted by atomic mass is 10.1. The smallest absolute Gasteiger partial charge is 0.270 e. The van der Waals surface area contributed by atoms with Gasteiger partial charge in [0.1, 0.15) is 5.69 Å². The van der Waals surface area contributed by atoms with E-state index in [1.54, 1.807) is 17.8 Å². The third-order valence-electron chi connectivity index (χ3n) is 2.94. The average Bonchev–Trinajstić information content (AvgIpc) is 2.45. The molecular weight excluding hydrogens is 298 g/mol. The van der Waals surface area contributed by atoms with Crippen molar-refractivity contribution in [3.63, 3.8) is 0 Å². The van der Waals surface area contributed by atoms with E-state index in [1.807, 2.05) is 19.1 Å². The molecule has 1 atom stereocenters. The van der Waals surface area contributed by atoms with Crippen molar-refractivity contribution < 1.29 is 9.59 Å². The molecule has 0 saturated heterocycles. The van der Waals surface area contributed by atoms with Gasteiger partial charge in [-0.1, -0.05) is 33.3 Å². The summed E-state index contributed by atoms with van der Waals surface area (Å²) in [5.74, 6) is 0.853. The predicted molar refractivity (Wildman–Crippen MR) is 89.8 cm³/mol. The highest BCUT2D eigenvalue weighted by atomic mass is 32.2. The van der Waals surface area contributed by atoms with E-state index in [9.17, 15) is 9.59 Å². The Labute approximate surface area is 136 Å². The van der Waals surface area contributed by atoms with E-state index in [0.29, 0.717) is 11.6 Å². The van der Waals surface area contributed by atoms with Crippen molar-refractivity contribution in [1.82, 2.24) is 10.3 Å². The third kappa shape index (κ3) is 6.93. The quantitative estimate of drug-likeness (QED) is 0.684. The standard InChI is InChI=1S/C16H25N3O2S/c1-4-6-12(9-14(17)20)18-16(21)13-7-5-8-15(19-13)22-10-11(2)3/h5,7-8,11-12H,4,6,9-10H2,1-3H3,(H2,17,20)(H,18,21)/t12-/m0/s1. The normalized spacial score (nSPS) is 12.2. The number of primary amides is 1. The minimum Gasteiger partial charge on any atom is -0.370 e. The lowest BCUT2D eigenvalue weighted by molar-refractivity contribution is -0.118. The second kappa shape index (κ2) is 9.46. The fourth-order valence-electron chi connectivity index (χ4n) is 1.95. The zero-order chi connectivity index (χ0) is 16.5. The number of hydrogen-bond acceptors (Lipinski definition) is 4. The largest absolute Gasteiger partial charge is 0.370 e. The SMILES string of the molecule is CCC[C@@H](CC(N)=O)NC(=O)c1cccc(SCC(C)C)n1. The summed E-state index contributed by atoms with van der Waals surface area (Å²) in [7, 11) is 0. The molecule has 22 heavy (non-hydrogen) atoms. The molecule has 0 spiro atoms. The van der Waals surface area contributed by atoms with Crippen LogP contribution in [0.25, 0.3) is 0 Å². The number of carbonyl (C=O) groups is 2. The van der Waals surface area contributed by atoms with Gasteiger partial charge in [-0.3, -0.25) is 9.59 Å². The van der Waals surface area contributed by atoms with Crippen molar-refractivity contribution in [2.24, 2.45) is 11.7 Å². The Bertz CT molecular complexity index is 506. The van der Waals surface area contributed by atoms with Gasteiger partial charge in [0.15, 0.2) is 0 Å². The molecule has 0 fully saturated rings. The zero-order valence-electron chi connectivity index (χ0n) is 13.5. The van der Waals surface area contributed by atoms with Crippen LogP contribution in [-0.2, 0) is 4.79 Å². The molecule has 0 aromatic carbocycles. The number of nitrogens with two attached hydrogens (primary N) is 1. The first-order chi connectivity index (χ1) is 10.4. The Morgan fingerprint density at radius 1 is 1.36 bits per heavy atom. The lowest BCUT2D eigenvalue weighted by Gasteiger charge is -2.16. The van der Waals surface area contributed by atoms with E-state index in [-0.39, 0.29) is 18.4 Å². The predicted octanol–water partition coefficient (Wildman–Crippen LogP) is 2.60. The summed E-state index contributed by atoms with van der Waals surface area (Å²) in [6, 6.07) is 5.18. The number of hydrogen-bond donors (Lipinski definition) is 2. The lowest BCUT2D eigenvalue weighted by Crippen LogP contribution is -2.38. The first-order valence-electron chi connectivity index (χ1n) is 7.61. The van der Waals surface area contributed by atoms with Crippen LogP contribution < -0.4 is 11.1 Å². The van der Waals surface area contributed by atoms with Crippen molar-refractivity contribution in [1.29, 1.82) is 0 Å². The van der Waals surface area contributed by atoms with Gasteiger partial charge in [-0.25, -0.2) is 4.98 Å². The molecule has 0 aliphatic carbocycles. The maximum atomic E-state index is 12.3. The Morgan fingerprint density at radius 2 is 2.09 bits per heavy atom. The molecule has 2 amide bonds. The first kappa shape index (κ1) is 18.5. The molecule has 0 unspecified atom stereocenters. The molecule has 5 nitrogen and oxygen atoms in total. The topological polar surface area (TPSA) is 85.1 Å². The third-order valence-corrected chi connectivity index (χ3v) is 4.30. The summed E-state index contributed by atoms with van der Waals surface area (Å²) in [4.78, 5) is 27.7. The number of pyridine rings is 1. The van der Waals surface area contributed by atoms with E-state index >= 15 is 0 Å². The first-order valence-corrected chi connectivity index (χ1v) is 8.60. The van der Waals surface area contributed by atoms with Crippen LogP contribution in [0.4, 0.5) is 0 Å². The summed E-state index contributed by atoms with van der Waals surface area (Å²) in [5, 5.41) is 3.68. The molecule has 0 aliphatic rings. The summed E-state index contributed by atoms with van der Waals surface area (Å²) >= 11 is 1.63. The molecule has 1 aromatic rings. The average molecular weight is 323 g/mol. The van der Waals surface area contributed by atoms with Gasteiger partial charge in [0.05, 0.1) is 5.03 Å². The number of aromatic nitrogens is 1. The van der Waals surface area contributed by atoms with Crippen molar-refractivity contribution >= 4 is 23.6 Å². The Kier molecular flexibility index (Phi) is 7.95. The molecule has 0 radical (unpaired) electrons. The van der Waals surface area contributed by atoms with Crippen LogP contribution in [0.15, 0.2) is 23.2 Å². The van der Waals surface area contributed by atoms with E-state index in [2.05, 4.69) is 24.1 Å². The summed E-state index contributed by atoms with van der Waals surface area (Å²) in [6.45, 7) is 6.28. The zero-order valence-corrected chi connectivity index (χ0v) is 14.3.